The highest BCUT2D eigenvalue weighted by atomic mass is 32.1. The molecule has 0 bridgehead atoms. The third kappa shape index (κ3) is 2.42. The molecular formula is C15H11N5OS. The average molecular weight is 309 g/mol. The van der Waals surface area contributed by atoms with E-state index in [4.69, 9.17) is 4.74 Å². The number of aromatic nitrogens is 5. The predicted molar refractivity (Wildman–Crippen MR) is 82.7 cm³/mol. The summed E-state index contributed by atoms with van der Waals surface area (Å²) in [6.45, 7) is 0.411. The predicted octanol–water partition coefficient (Wildman–Crippen LogP) is 2.83. The molecular weight excluding hydrogens is 298 g/mol. The maximum absolute atomic E-state index is 5.71. The lowest BCUT2D eigenvalue weighted by Crippen LogP contribution is -1.97. The number of nitrogens with zero attached hydrogens (tertiary/aromatic N) is 5. The van der Waals surface area contributed by atoms with Crippen molar-refractivity contribution >= 4 is 16.3 Å². The molecule has 0 spiro atoms. The first-order valence-electron chi connectivity index (χ1n) is 6.69. The topological polar surface area (TPSA) is 65.2 Å². The number of pyridine rings is 1. The van der Waals surface area contributed by atoms with Crippen molar-refractivity contribution < 1.29 is 4.74 Å². The van der Waals surface area contributed by atoms with Crippen molar-refractivity contribution in [3.8, 4) is 17.1 Å². The van der Waals surface area contributed by atoms with E-state index in [9.17, 15) is 0 Å². The van der Waals surface area contributed by atoms with Gasteiger partial charge in [-0.1, -0.05) is 29.5 Å². The number of hydrogen-bond donors (Lipinski definition) is 0. The van der Waals surface area contributed by atoms with Crippen LogP contribution in [0.15, 0.2) is 54.9 Å². The molecule has 0 aliphatic carbocycles. The summed E-state index contributed by atoms with van der Waals surface area (Å²) in [5, 5.41) is 13.7. The minimum Gasteiger partial charge on any atom is -0.486 e. The Hall–Kier alpha value is -2.80. The van der Waals surface area contributed by atoms with E-state index >= 15 is 0 Å². The maximum atomic E-state index is 5.71. The van der Waals surface area contributed by atoms with E-state index in [2.05, 4.69) is 20.3 Å². The van der Waals surface area contributed by atoms with Gasteiger partial charge < -0.3 is 4.74 Å². The van der Waals surface area contributed by atoms with Crippen molar-refractivity contribution in [1.29, 1.82) is 0 Å². The molecule has 108 valence electrons. The van der Waals surface area contributed by atoms with E-state index in [1.165, 1.54) is 11.3 Å². The zero-order chi connectivity index (χ0) is 14.8. The first-order chi connectivity index (χ1) is 10.9. The van der Waals surface area contributed by atoms with Gasteiger partial charge in [0.1, 0.15) is 12.4 Å². The fourth-order valence-corrected chi connectivity index (χ4v) is 2.80. The summed E-state index contributed by atoms with van der Waals surface area (Å²) in [5.74, 6) is 1.53. The summed E-state index contributed by atoms with van der Waals surface area (Å²) in [7, 11) is 0. The van der Waals surface area contributed by atoms with E-state index in [0.29, 0.717) is 12.4 Å². The molecule has 1 aromatic carbocycles. The molecule has 0 aliphatic heterocycles. The van der Waals surface area contributed by atoms with Gasteiger partial charge in [-0.3, -0.25) is 4.98 Å². The molecule has 0 atom stereocenters. The Balaban J connectivity index is 1.60. The van der Waals surface area contributed by atoms with Crippen LogP contribution in [0.2, 0.25) is 0 Å². The zero-order valence-corrected chi connectivity index (χ0v) is 12.3. The standard InChI is InChI=1S/C15H11N5OS/c1-2-4-12(5-3-1)21-10-13-19-20-14(17-18-15(20)22-13)11-6-8-16-9-7-11/h1-9H,10H2. The van der Waals surface area contributed by atoms with Gasteiger partial charge >= 0.3 is 0 Å². The van der Waals surface area contributed by atoms with Gasteiger partial charge in [-0.2, -0.15) is 9.61 Å². The second-order valence-electron chi connectivity index (χ2n) is 4.55. The molecule has 0 saturated carbocycles. The fourth-order valence-electron chi connectivity index (χ4n) is 2.06. The monoisotopic (exact) mass is 309 g/mol. The van der Waals surface area contributed by atoms with Crippen molar-refractivity contribution in [2.45, 2.75) is 6.61 Å². The van der Waals surface area contributed by atoms with Crippen LogP contribution in [-0.2, 0) is 6.61 Å². The van der Waals surface area contributed by atoms with Gasteiger partial charge in [0, 0.05) is 18.0 Å². The van der Waals surface area contributed by atoms with Crippen molar-refractivity contribution in [1.82, 2.24) is 24.8 Å². The van der Waals surface area contributed by atoms with Crippen molar-refractivity contribution in [3.05, 3.63) is 59.9 Å². The quantitative estimate of drug-likeness (QED) is 0.580. The third-order valence-corrected chi connectivity index (χ3v) is 3.95. The lowest BCUT2D eigenvalue weighted by atomic mass is 10.2. The molecule has 0 unspecified atom stereocenters. The van der Waals surface area contributed by atoms with Crippen LogP contribution in [0, 0.1) is 0 Å². The smallest absolute Gasteiger partial charge is 0.235 e. The number of ether oxygens (including phenoxy) is 1. The van der Waals surface area contributed by atoms with Crippen LogP contribution < -0.4 is 4.74 Å². The molecule has 3 aromatic heterocycles. The fraction of sp³-hybridized carbons (Fsp3) is 0.0667. The zero-order valence-electron chi connectivity index (χ0n) is 11.5. The normalized spacial score (nSPS) is 10.9. The molecule has 0 amide bonds. The Morgan fingerprint density at radius 1 is 1.00 bits per heavy atom. The lowest BCUT2D eigenvalue weighted by Gasteiger charge is -2.02. The van der Waals surface area contributed by atoms with E-state index in [1.54, 1.807) is 16.9 Å². The van der Waals surface area contributed by atoms with Crippen molar-refractivity contribution in [2.75, 3.05) is 0 Å². The molecule has 7 heteroatoms. The number of hydrogen-bond acceptors (Lipinski definition) is 6. The summed E-state index contributed by atoms with van der Waals surface area (Å²) in [5.41, 5.74) is 0.934. The van der Waals surface area contributed by atoms with Gasteiger partial charge in [0.25, 0.3) is 0 Å². The summed E-state index contributed by atoms with van der Waals surface area (Å²) in [6.07, 6.45) is 3.45. The number of rotatable bonds is 4. The summed E-state index contributed by atoms with van der Waals surface area (Å²) in [4.78, 5) is 4.76. The Morgan fingerprint density at radius 2 is 1.82 bits per heavy atom. The second-order valence-corrected chi connectivity index (χ2v) is 5.59. The van der Waals surface area contributed by atoms with Crippen molar-refractivity contribution in [2.24, 2.45) is 0 Å². The van der Waals surface area contributed by atoms with Gasteiger partial charge in [-0.15, -0.1) is 10.2 Å². The minimum absolute atomic E-state index is 0.411. The molecule has 0 radical (unpaired) electrons. The van der Waals surface area contributed by atoms with Crippen LogP contribution in [0.4, 0.5) is 0 Å². The van der Waals surface area contributed by atoms with Crippen LogP contribution in [0.1, 0.15) is 5.01 Å². The Morgan fingerprint density at radius 3 is 2.64 bits per heavy atom. The van der Waals surface area contributed by atoms with Gasteiger partial charge in [0.2, 0.25) is 4.96 Å². The Kier molecular flexibility index (Phi) is 3.24. The summed E-state index contributed by atoms with van der Waals surface area (Å²) in [6, 6.07) is 13.4. The van der Waals surface area contributed by atoms with E-state index < -0.39 is 0 Å². The molecule has 0 N–H and O–H groups in total. The second kappa shape index (κ2) is 5.53. The SMILES string of the molecule is c1ccc(OCc2nn3c(-c4ccncc4)nnc3s2)cc1. The van der Waals surface area contributed by atoms with Crippen LogP contribution >= 0.6 is 11.3 Å². The van der Waals surface area contributed by atoms with Gasteiger partial charge in [0.15, 0.2) is 10.8 Å². The van der Waals surface area contributed by atoms with E-state index in [1.807, 2.05) is 42.5 Å². The Labute approximate surface area is 130 Å². The summed E-state index contributed by atoms with van der Waals surface area (Å²) >= 11 is 1.47. The van der Waals surface area contributed by atoms with Crippen LogP contribution in [0.3, 0.4) is 0 Å². The van der Waals surface area contributed by atoms with Gasteiger partial charge in [-0.25, -0.2) is 0 Å². The Bertz CT molecular complexity index is 888. The van der Waals surface area contributed by atoms with E-state index in [0.717, 1.165) is 21.3 Å². The highest BCUT2D eigenvalue weighted by Gasteiger charge is 2.13. The number of fused-ring (bicyclic) bond motifs is 1. The molecule has 6 nitrogen and oxygen atoms in total. The van der Waals surface area contributed by atoms with E-state index in [-0.39, 0.29) is 0 Å². The highest BCUT2D eigenvalue weighted by Crippen LogP contribution is 2.22. The molecule has 0 saturated heterocycles. The lowest BCUT2D eigenvalue weighted by molar-refractivity contribution is 0.304. The molecule has 0 fully saturated rings. The molecule has 3 heterocycles. The summed E-state index contributed by atoms with van der Waals surface area (Å²) < 4.78 is 7.45. The van der Waals surface area contributed by atoms with Gasteiger partial charge in [-0.05, 0) is 24.3 Å². The third-order valence-electron chi connectivity index (χ3n) is 3.08. The van der Waals surface area contributed by atoms with Crippen LogP contribution in [-0.4, -0.2) is 24.8 Å². The first-order valence-corrected chi connectivity index (χ1v) is 7.51. The maximum Gasteiger partial charge on any atom is 0.235 e. The minimum atomic E-state index is 0.411. The highest BCUT2D eigenvalue weighted by molar-refractivity contribution is 7.16. The largest absolute Gasteiger partial charge is 0.486 e. The van der Waals surface area contributed by atoms with Crippen LogP contribution in [0.5, 0.6) is 5.75 Å². The van der Waals surface area contributed by atoms with Gasteiger partial charge in [0.05, 0.1) is 0 Å². The number of benzene rings is 1. The van der Waals surface area contributed by atoms with Crippen LogP contribution in [0.25, 0.3) is 16.3 Å². The first kappa shape index (κ1) is 12.9. The number of para-hydroxylation sites is 1. The molecule has 4 rings (SSSR count). The molecule has 4 aromatic rings. The molecule has 0 aliphatic rings. The molecule has 22 heavy (non-hydrogen) atoms. The van der Waals surface area contributed by atoms with Crippen molar-refractivity contribution in [3.63, 3.8) is 0 Å². The average Bonchev–Trinajstić information content (AvgIpc) is 3.15.